The average Bonchev–Trinajstić information content (AvgIpc) is 2.58. The van der Waals surface area contributed by atoms with Crippen molar-refractivity contribution in [2.45, 2.75) is 0 Å². The number of nitrogens with zero attached hydrogens (tertiary/aromatic N) is 1. The monoisotopic (exact) mass is 338 g/mol. The van der Waals surface area contributed by atoms with Crippen LogP contribution in [-0.4, -0.2) is 15.0 Å². The van der Waals surface area contributed by atoms with E-state index < -0.39 is 0 Å². The number of fused-ring (bicyclic) bond motifs is 6. The highest BCUT2D eigenvalue weighted by molar-refractivity contribution is 6.48. The summed E-state index contributed by atoms with van der Waals surface area (Å²) in [5.74, 6) is 1.11. The van der Waals surface area contributed by atoms with Gasteiger partial charge in [0.2, 0.25) is 5.82 Å². The standard InChI is InChI=1S/C17H12ClN5O/c18-14-9-19-17-22-11-4-1-3-10(7-11)16(24)21-13-6-2-5-12(8-13)20-15(14)23-17/h1-9H,(H,21,24)(H2,19,20,22,23)/p+1. The lowest BCUT2D eigenvalue weighted by Crippen LogP contribution is -2.14. The van der Waals surface area contributed by atoms with Gasteiger partial charge in [-0.15, -0.1) is 0 Å². The zero-order valence-electron chi connectivity index (χ0n) is 12.4. The highest BCUT2D eigenvalue weighted by Gasteiger charge is 2.11. The molecule has 1 aliphatic heterocycles. The van der Waals surface area contributed by atoms with E-state index >= 15 is 0 Å². The Hall–Kier alpha value is -3.12. The fourth-order valence-electron chi connectivity index (χ4n) is 2.43. The number of hydrogen-bond donors (Lipinski definition) is 3. The van der Waals surface area contributed by atoms with E-state index in [0.717, 1.165) is 5.52 Å². The van der Waals surface area contributed by atoms with Crippen molar-refractivity contribution in [2.75, 3.05) is 5.32 Å². The Labute approximate surface area is 141 Å². The van der Waals surface area contributed by atoms with Gasteiger partial charge < -0.3 is 4.98 Å². The maximum atomic E-state index is 12.4. The number of nitrogens with one attached hydrogen (secondary N) is 4. The second kappa shape index (κ2) is 5.82. The topological polar surface area (TPSA) is 87.7 Å². The van der Waals surface area contributed by atoms with Gasteiger partial charge in [-0.3, -0.25) is 4.79 Å². The molecule has 6 nitrogen and oxygen atoms in total. The molecule has 0 fully saturated rings. The van der Waals surface area contributed by atoms with Crippen LogP contribution in [0.5, 0.6) is 0 Å². The van der Waals surface area contributed by atoms with Crippen molar-refractivity contribution in [2.24, 2.45) is 0 Å². The van der Waals surface area contributed by atoms with E-state index in [9.17, 15) is 4.79 Å². The molecule has 2 aromatic carbocycles. The number of aromatic amines is 3. The quantitative estimate of drug-likeness (QED) is 0.589. The SMILES string of the molecule is O=c1[nH]c2cccc(c2)nc2[nH]c([nH+]c3cccc1c3)NC=C2Cl. The van der Waals surface area contributed by atoms with Crippen LogP contribution in [0.15, 0.2) is 59.5 Å². The van der Waals surface area contributed by atoms with Crippen LogP contribution >= 0.6 is 11.6 Å². The smallest absolute Gasteiger partial charge is 0.322 e. The van der Waals surface area contributed by atoms with Crippen molar-refractivity contribution >= 4 is 44.5 Å². The Kier molecular flexibility index (Phi) is 3.51. The van der Waals surface area contributed by atoms with Crippen molar-refractivity contribution in [3.63, 3.8) is 0 Å². The normalized spacial score (nSPS) is 12.3. The third-order valence-electron chi connectivity index (χ3n) is 3.55. The summed E-state index contributed by atoms with van der Waals surface area (Å²) in [6.45, 7) is 0. The fourth-order valence-corrected chi connectivity index (χ4v) is 2.58. The van der Waals surface area contributed by atoms with E-state index in [-0.39, 0.29) is 5.56 Å². The minimum absolute atomic E-state index is 0.187. The molecule has 1 aromatic heterocycles. The van der Waals surface area contributed by atoms with Gasteiger partial charge >= 0.3 is 5.95 Å². The van der Waals surface area contributed by atoms with Crippen molar-refractivity contribution in [1.82, 2.24) is 15.0 Å². The van der Waals surface area contributed by atoms with Crippen LogP contribution < -0.4 is 15.9 Å². The van der Waals surface area contributed by atoms with E-state index in [1.54, 1.807) is 24.4 Å². The minimum atomic E-state index is -0.187. The zero-order chi connectivity index (χ0) is 16.5. The number of rotatable bonds is 0. The molecule has 4 rings (SSSR count). The summed E-state index contributed by atoms with van der Waals surface area (Å²) in [6, 6.07) is 14.5. The van der Waals surface area contributed by atoms with E-state index in [1.807, 2.05) is 30.3 Å². The van der Waals surface area contributed by atoms with E-state index in [2.05, 4.69) is 25.3 Å². The lowest BCUT2D eigenvalue weighted by atomic mass is 10.2. The van der Waals surface area contributed by atoms with Crippen LogP contribution in [0.2, 0.25) is 0 Å². The van der Waals surface area contributed by atoms with Gasteiger partial charge in [0.1, 0.15) is 5.03 Å². The largest absolute Gasteiger partial charge is 0.359 e. The molecule has 6 bridgehead atoms. The first-order valence-electron chi connectivity index (χ1n) is 7.31. The van der Waals surface area contributed by atoms with Gasteiger partial charge in [-0.1, -0.05) is 23.7 Å². The predicted octanol–water partition coefficient (Wildman–Crippen LogP) is 2.87. The van der Waals surface area contributed by atoms with Gasteiger partial charge in [-0.25, -0.2) is 20.3 Å². The van der Waals surface area contributed by atoms with Crippen LogP contribution in [-0.2, 0) is 0 Å². The Morgan fingerprint density at radius 3 is 2.83 bits per heavy atom. The number of benzene rings is 2. The predicted molar refractivity (Wildman–Crippen MR) is 94.7 cm³/mol. The third kappa shape index (κ3) is 2.87. The summed E-state index contributed by atoms with van der Waals surface area (Å²) in [5.41, 5.74) is 1.91. The van der Waals surface area contributed by atoms with Crippen LogP contribution in [0.25, 0.3) is 27.0 Å². The summed E-state index contributed by atoms with van der Waals surface area (Å²) >= 11 is 6.20. The summed E-state index contributed by atoms with van der Waals surface area (Å²) in [6.07, 6.45) is 1.65. The highest BCUT2D eigenvalue weighted by Crippen LogP contribution is 2.17. The lowest BCUT2D eigenvalue weighted by molar-refractivity contribution is -0.331. The summed E-state index contributed by atoms with van der Waals surface area (Å²) in [4.78, 5) is 26.1. The van der Waals surface area contributed by atoms with Crippen LogP contribution in [0, 0.1) is 0 Å². The van der Waals surface area contributed by atoms with Crippen molar-refractivity contribution in [1.29, 1.82) is 0 Å². The average molecular weight is 339 g/mol. The molecule has 0 spiro atoms. The fraction of sp³-hybridized carbons (Fsp3) is 0. The van der Waals surface area contributed by atoms with Crippen molar-refractivity contribution in [3.05, 3.63) is 70.9 Å². The molecule has 24 heavy (non-hydrogen) atoms. The molecule has 0 saturated heterocycles. The number of hydrogen-bond acceptors (Lipinski definition) is 3. The second-order valence-electron chi connectivity index (χ2n) is 5.31. The highest BCUT2D eigenvalue weighted by atomic mass is 35.5. The maximum Gasteiger partial charge on any atom is 0.359 e. The number of aromatic nitrogens is 4. The molecule has 7 heteroatoms. The van der Waals surface area contributed by atoms with Crippen LogP contribution in [0.3, 0.4) is 0 Å². The van der Waals surface area contributed by atoms with Crippen molar-refractivity contribution < 1.29 is 4.98 Å². The van der Waals surface area contributed by atoms with Crippen LogP contribution in [0.4, 0.5) is 5.95 Å². The molecule has 118 valence electrons. The van der Waals surface area contributed by atoms with Gasteiger partial charge in [0, 0.05) is 10.9 Å². The Morgan fingerprint density at radius 2 is 1.92 bits per heavy atom. The molecule has 0 saturated carbocycles. The Bertz CT molecular complexity index is 1130. The maximum absolute atomic E-state index is 12.4. The van der Waals surface area contributed by atoms with E-state index in [4.69, 9.17) is 11.6 Å². The lowest BCUT2D eigenvalue weighted by Gasteiger charge is -2.01. The zero-order valence-corrected chi connectivity index (χ0v) is 13.2. The molecule has 0 atom stereocenters. The molecule has 0 unspecified atom stereocenters. The minimum Gasteiger partial charge on any atom is -0.322 e. The third-order valence-corrected chi connectivity index (χ3v) is 3.84. The Morgan fingerprint density at radius 1 is 1.04 bits per heavy atom. The van der Waals surface area contributed by atoms with Gasteiger partial charge in [-0.2, -0.15) is 0 Å². The van der Waals surface area contributed by atoms with E-state index in [1.165, 1.54) is 0 Å². The molecule has 0 aliphatic carbocycles. The van der Waals surface area contributed by atoms with E-state index in [0.29, 0.717) is 33.2 Å². The van der Waals surface area contributed by atoms with Gasteiger partial charge in [-0.05, 0) is 36.4 Å². The first-order valence-corrected chi connectivity index (χ1v) is 7.69. The Balaban J connectivity index is 2.19. The van der Waals surface area contributed by atoms with Crippen molar-refractivity contribution in [3.8, 4) is 0 Å². The first kappa shape index (κ1) is 14.5. The number of H-pyrrole nitrogens is 3. The summed E-state index contributed by atoms with van der Waals surface area (Å²) < 4.78 is 0. The molecule has 0 radical (unpaired) electrons. The number of anilines is 1. The molecular weight excluding hydrogens is 326 g/mol. The van der Waals surface area contributed by atoms with Gasteiger partial charge in [0.15, 0.2) is 0 Å². The molecule has 1 aliphatic rings. The molecular formula is C17H13ClN5O+. The molecule has 3 aromatic rings. The molecule has 4 N–H and O–H groups in total. The first-order chi connectivity index (χ1) is 11.7. The summed E-state index contributed by atoms with van der Waals surface area (Å²) in [5, 5.41) is 4.02. The summed E-state index contributed by atoms with van der Waals surface area (Å²) in [7, 11) is 0. The number of halogens is 1. The molecule has 2 heterocycles. The van der Waals surface area contributed by atoms with Gasteiger partial charge in [0.05, 0.1) is 17.2 Å². The van der Waals surface area contributed by atoms with Crippen LogP contribution in [0.1, 0.15) is 5.82 Å². The second-order valence-corrected chi connectivity index (χ2v) is 5.71. The van der Waals surface area contributed by atoms with Gasteiger partial charge in [0.25, 0.3) is 5.56 Å². The molecule has 0 amide bonds.